The molecule has 4 aromatic rings. The van der Waals surface area contributed by atoms with Gasteiger partial charge < -0.3 is 9.47 Å². The van der Waals surface area contributed by atoms with Crippen molar-refractivity contribution in [3.63, 3.8) is 0 Å². The van der Waals surface area contributed by atoms with Crippen LogP contribution in [0.5, 0.6) is 0 Å². The average Bonchev–Trinajstić information content (AvgIpc) is 3.64. The topological polar surface area (TPSA) is 96.6 Å². The van der Waals surface area contributed by atoms with Gasteiger partial charge in [-0.05, 0) is 48.2 Å². The highest BCUT2D eigenvalue weighted by Gasteiger charge is 2.19. The van der Waals surface area contributed by atoms with Crippen molar-refractivity contribution in [3.8, 4) is 0 Å². The predicted octanol–water partition coefficient (Wildman–Crippen LogP) is 5.54. The molecule has 0 aliphatic heterocycles. The van der Waals surface area contributed by atoms with Crippen molar-refractivity contribution >= 4 is 23.8 Å². The van der Waals surface area contributed by atoms with Crippen LogP contribution in [0.1, 0.15) is 67.4 Å². The number of unbranched alkanes of at least 4 members (excludes halogenated alkanes) is 1. The maximum atomic E-state index is 12.7. The lowest BCUT2D eigenvalue weighted by molar-refractivity contribution is 0.0448. The quantitative estimate of drug-likeness (QED) is 0.193. The van der Waals surface area contributed by atoms with Gasteiger partial charge in [0.15, 0.2) is 0 Å². The van der Waals surface area contributed by atoms with Crippen molar-refractivity contribution < 1.29 is 28.7 Å². The highest BCUT2D eigenvalue weighted by atomic mass is 16.5. The summed E-state index contributed by atoms with van der Waals surface area (Å²) < 4.78 is 13.2. The second-order valence-corrected chi connectivity index (χ2v) is 8.64. The molecule has 0 fully saturated rings. The summed E-state index contributed by atoms with van der Waals surface area (Å²) in [5.74, 6) is -1.69. The molecule has 0 aliphatic rings. The first kappa shape index (κ1) is 26.3. The number of aromatic nitrogens is 2. The lowest BCUT2D eigenvalue weighted by Gasteiger charge is -2.10. The zero-order valence-electron chi connectivity index (χ0n) is 20.8. The van der Waals surface area contributed by atoms with Gasteiger partial charge in [-0.2, -0.15) is 0 Å². The van der Waals surface area contributed by atoms with E-state index in [9.17, 15) is 19.2 Å². The van der Waals surface area contributed by atoms with Crippen LogP contribution in [-0.4, -0.2) is 32.9 Å². The van der Waals surface area contributed by atoms with Crippen LogP contribution >= 0.6 is 0 Å². The SMILES string of the molecule is O=C(OCc1ccccc1)c1cccn1C(=O)CCCCC(=O)n1cccc1C(=O)OCc1ccccc1. The summed E-state index contributed by atoms with van der Waals surface area (Å²) in [6, 6.07) is 24.9. The van der Waals surface area contributed by atoms with Crippen LogP contribution in [0.2, 0.25) is 0 Å². The highest BCUT2D eigenvalue weighted by Crippen LogP contribution is 2.13. The maximum Gasteiger partial charge on any atom is 0.355 e. The third-order valence-corrected chi connectivity index (χ3v) is 5.91. The standard InChI is InChI=1S/C30H28N2O6/c33-27(31-19-9-15-25(31)29(35)37-21-23-11-3-1-4-12-23)17-7-8-18-28(34)32-20-10-16-26(32)30(36)38-22-24-13-5-2-6-14-24/h1-6,9-16,19-20H,7-8,17-18,21-22H2. The zero-order chi connectivity index (χ0) is 26.7. The molecule has 2 aromatic heterocycles. The van der Waals surface area contributed by atoms with E-state index in [1.807, 2.05) is 60.7 Å². The Morgan fingerprint density at radius 2 is 0.921 bits per heavy atom. The Labute approximate surface area is 220 Å². The van der Waals surface area contributed by atoms with Crippen molar-refractivity contribution in [3.05, 3.63) is 120 Å². The van der Waals surface area contributed by atoms with Gasteiger partial charge in [-0.15, -0.1) is 0 Å². The third kappa shape index (κ3) is 6.94. The largest absolute Gasteiger partial charge is 0.456 e. The smallest absolute Gasteiger partial charge is 0.355 e. The van der Waals surface area contributed by atoms with Crippen LogP contribution in [0.4, 0.5) is 0 Å². The molecule has 0 N–H and O–H groups in total. The minimum absolute atomic E-state index is 0.113. The Hall–Kier alpha value is -4.72. The number of carbonyl (C=O) groups is 4. The Morgan fingerprint density at radius 3 is 1.32 bits per heavy atom. The highest BCUT2D eigenvalue weighted by molar-refractivity contribution is 5.94. The summed E-state index contributed by atoms with van der Waals surface area (Å²) in [4.78, 5) is 50.4. The van der Waals surface area contributed by atoms with Crippen molar-refractivity contribution in [1.82, 2.24) is 9.13 Å². The molecule has 8 heteroatoms. The lowest BCUT2D eigenvalue weighted by Crippen LogP contribution is -2.19. The molecule has 0 atom stereocenters. The molecular weight excluding hydrogens is 484 g/mol. The fourth-order valence-electron chi connectivity index (χ4n) is 3.92. The van der Waals surface area contributed by atoms with Gasteiger partial charge in [0.25, 0.3) is 0 Å². The fourth-order valence-corrected chi connectivity index (χ4v) is 3.92. The van der Waals surface area contributed by atoms with E-state index in [0.29, 0.717) is 12.8 Å². The van der Waals surface area contributed by atoms with Crippen LogP contribution in [0, 0.1) is 0 Å². The Bertz CT molecular complexity index is 1280. The van der Waals surface area contributed by atoms with E-state index in [4.69, 9.17) is 9.47 Å². The second kappa shape index (κ2) is 13.0. The first-order valence-corrected chi connectivity index (χ1v) is 12.4. The monoisotopic (exact) mass is 512 g/mol. The molecule has 2 aromatic carbocycles. The van der Waals surface area contributed by atoms with Gasteiger partial charge in [0.1, 0.15) is 24.6 Å². The van der Waals surface area contributed by atoms with Gasteiger partial charge in [-0.3, -0.25) is 18.7 Å². The Morgan fingerprint density at radius 1 is 0.526 bits per heavy atom. The molecule has 0 spiro atoms. The van der Waals surface area contributed by atoms with Gasteiger partial charge >= 0.3 is 11.9 Å². The van der Waals surface area contributed by atoms with E-state index in [1.165, 1.54) is 21.5 Å². The van der Waals surface area contributed by atoms with Gasteiger partial charge in [0.2, 0.25) is 11.8 Å². The van der Waals surface area contributed by atoms with Gasteiger partial charge in [-0.1, -0.05) is 60.7 Å². The molecule has 0 aliphatic carbocycles. The van der Waals surface area contributed by atoms with Crippen molar-refractivity contribution in [2.45, 2.75) is 38.9 Å². The maximum absolute atomic E-state index is 12.7. The normalized spacial score (nSPS) is 10.6. The van der Waals surface area contributed by atoms with Crippen LogP contribution < -0.4 is 0 Å². The summed E-state index contributed by atoms with van der Waals surface area (Å²) >= 11 is 0. The number of hydrogen-bond donors (Lipinski definition) is 0. The number of rotatable bonds is 11. The number of hydrogen-bond acceptors (Lipinski definition) is 6. The summed E-state index contributed by atoms with van der Waals surface area (Å²) in [5.41, 5.74) is 2.02. The Balaban J connectivity index is 1.23. The molecule has 4 rings (SSSR count). The molecule has 0 unspecified atom stereocenters. The number of ether oxygens (including phenoxy) is 2. The number of carbonyl (C=O) groups excluding carboxylic acids is 4. The average molecular weight is 513 g/mol. The fraction of sp³-hybridized carbons (Fsp3) is 0.200. The minimum atomic E-state index is -0.582. The van der Waals surface area contributed by atoms with E-state index >= 15 is 0 Å². The molecule has 2 heterocycles. The van der Waals surface area contributed by atoms with Crippen LogP contribution in [0.25, 0.3) is 0 Å². The molecule has 38 heavy (non-hydrogen) atoms. The van der Waals surface area contributed by atoms with Gasteiger partial charge in [0, 0.05) is 25.2 Å². The molecule has 0 amide bonds. The first-order valence-electron chi connectivity index (χ1n) is 12.4. The number of benzene rings is 2. The number of esters is 2. The molecular formula is C30H28N2O6. The molecule has 0 saturated carbocycles. The molecule has 0 bridgehead atoms. The van der Waals surface area contributed by atoms with E-state index in [1.54, 1.807) is 24.3 Å². The summed E-state index contributed by atoms with van der Waals surface area (Å²) in [6.45, 7) is 0.227. The second-order valence-electron chi connectivity index (χ2n) is 8.64. The summed E-state index contributed by atoms with van der Waals surface area (Å²) in [5, 5.41) is 0. The Kier molecular flexibility index (Phi) is 9.02. The third-order valence-electron chi connectivity index (χ3n) is 5.91. The summed E-state index contributed by atoms with van der Waals surface area (Å²) in [6.07, 6.45) is 4.24. The van der Waals surface area contributed by atoms with E-state index in [0.717, 1.165) is 11.1 Å². The van der Waals surface area contributed by atoms with Crippen LogP contribution in [-0.2, 0) is 22.7 Å². The predicted molar refractivity (Wildman–Crippen MR) is 140 cm³/mol. The van der Waals surface area contributed by atoms with Gasteiger partial charge in [0.05, 0.1) is 0 Å². The van der Waals surface area contributed by atoms with E-state index < -0.39 is 11.9 Å². The number of nitrogens with zero attached hydrogens (tertiary/aromatic N) is 2. The zero-order valence-corrected chi connectivity index (χ0v) is 20.8. The van der Waals surface area contributed by atoms with Crippen molar-refractivity contribution in [1.29, 1.82) is 0 Å². The lowest BCUT2D eigenvalue weighted by atomic mass is 10.1. The minimum Gasteiger partial charge on any atom is -0.456 e. The van der Waals surface area contributed by atoms with E-state index in [2.05, 4.69) is 0 Å². The van der Waals surface area contributed by atoms with Crippen molar-refractivity contribution in [2.75, 3.05) is 0 Å². The molecule has 8 nitrogen and oxygen atoms in total. The van der Waals surface area contributed by atoms with Crippen LogP contribution in [0.3, 0.4) is 0 Å². The van der Waals surface area contributed by atoms with E-state index in [-0.39, 0.29) is 49.3 Å². The van der Waals surface area contributed by atoms with Gasteiger partial charge in [-0.25, -0.2) is 9.59 Å². The molecule has 194 valence electrons. The molecule has 0 radical (unpaired) electrons. The summed E-state index contributed by atoms with van der Waals surface area (Å²) in [7, 11) is 0. The first-order chi connectivity index (χ1) is 18.5. The van der Waals surface area contributed by atoms with Crippen molar-refractivity contribution in [2.24, 2.45) is 0 Å². The van der Waals surface area contributed by atoms with Crippen LogP contribution in [0.15, 0.2) is 97.3 Å². The molecule has 0 saturated heterocycles.